The van der Waals surface area contributed by atoms with Gasteiger partial charge in [-0.05, 0) is 53.8 Å². The Balaban J connectivity index is 2.09. The van der Waals surface area contributed by atoms with E-state index in [1.807, 2.05) is 18.2 Å². The van der Waals surface area contributed by atoms with Crippen LogP contribution in [0.2, 0.25) is 5.02 Å². The van der Waals surface area contributed by atoms with Crippen LogP contribution in [0.15, 0.2) is 42.5 Å². The van der Waals surface area contributed by atoms with Gasteiger partial charge in [-0.1, -0.05) is 43.6 Å². The number of benzene rings is 2. The van der Waals surface area contributed by atoms with Crippen LogP contribution in [0.1, 0.15) is 32.3 Å². The highest BCUT2D eigenvalue weighted by molar-refractivity contribution is 6.30. The molecule has 0 aromatic heterocycles. The van der Waals surface area contributed by atoms with Crippen molar-refractivity contribution < 1.29 is 0 Å². The molecule has 20 heavy (non-hydrogen) atoms. The smallest absolute Gasteiger partial charge is 0.0412 e. The van der Waals surface area contributed by atoms with Gasteiger partial charge in [0, 0.05) is 22.7 Å². The van der Waals surface area contributed by atoms with Gasteiger partial charge in [0.15, 0.2) is 0 Å². The van der Waals surface area contributed by atoms with E-state index in [2.05, 4.69) is 43.4 Å². The molecule has 1 heterocycles. The number of halogens is 1. The third-order valence-electron chi connectivity index (χ3n) is 4.72. The van der Waals surface area contributed by atoms with Gasteiger partial charge >= 0.3 is 0 Å². The molecule has 104 valence electrons. The molecule has 0 atom stereocenters. The summed E-state index contributed by atoms with van der Waals surface area (Å²) >= 11 is 6.11. The van der Waals surface area contributed by atoms with E-state index in [0.717, 1.165) is 11.6 Å². The lowest BCUT2D eigenvalue weighted by Gasteiger charge is -2.26. The Hall–Kier alpha value is -1.47. The molecule has 3 rings (SSSR count). The van der Waals surface area contributed by atoms with Crippen LogP contribution in [-0.4, -0.2) is 6.54 Å². The van der Waals surface area contributed by atoms with Crippen LogP contribution >= 0.6 is 11.6 Å². The fourth-order valence-electron chi connectivity index (χ4n) is 3.23. The van der Waals surface area contributed by atoms with Gasteiger partial charge < -0.3 is 5.32 Å². The zero-order chi connectivity index (χ0) is 14.2. The number of hydrogen-bond acceptors (Lipinski definition) is 1. The summed E-state index contributed by atoms with van der Waals surface area (Å²) in [7, 11) is 0. The average Bonchev–Trinajstić information content (AvgIpc) is 2.86. The van der Waals surface area contributed by atoms with Crippen LogP contribution < -0.4 is 5.32 Å². The molecule has 0 amide bonds. The molecule has 1 nitrogen and oxygen atoms in total. The zero-order valence-corrected chi connectivity index (χ0v) is 12.8. The predicted octanol–water partition coefficient (Wildman–Crippen LogP) is 5.49. The zero-order valence-electron chi connectivity index (χ0n) is 12.0. The van der Waals surface area contributed by atoms with Crippen molar-refractivity contribution in [3.05, 3.63) is 53.1 Å². The van der Waals surface area contributed by atoms with E-state index in [4.69, 9.17) is 11.6 Å². The molecule has 0 radical (unpaired) electrons. The fourth-order valence-corrected chi connectivity index (χ4v) is 3.42. The molecule has 0 fully saturated rings. The van der Waals surface area contributed by atoms with E-state index in [9.17, 15) is 0 Å². The lowest BCUT2D eigenvalue weighted by Crippen LogP contribution is -2.26. The van der Waals surface area contributed by atoms with Crippen LogP contribution in [0.3, 0.4) is 0 Å². The average molecular weight is 286 g/mol. The van der Waals surface area contributed by atoms with Gasteiger partial charge in [0.2, 0.25) is 0 Å². The van der Waals surface area contributed by atoms with E-state index in [0.29, 0.717) is 0 Å². The highest BCUT2D eigenvalue weighted by Crippen LogP contribution is 2.43. The molecule has 2 aromatic rings. The maximum Gasteiger partial charge on any atom is 0.0412 e. The monoisotopic (exact) mass is 285 g/mol. The molecule has 2 heteroatoms. The van der Waals surface area contributed by atoms with Crippen LogP contribution in [0.4, 0.5) is 5.69 Å². The molecular formula is C18H20ClN. The Morgan fingerprint density at radius 3 is 2.50 bits per heavy atom. The summed E-state index contributed by atoms with van der Waals surface area (Å²) in [5.74, 6) is 0. The van der Waals surface area contributed by atoms with Gasteiger partial charge in [0.25, 0.3) is 0 Å². The summed E-state index contributed by atoms with van der Waals surface area (Å²) < 4.78 is 0. The Morgan fingerprint density at radius 2 is 1.80 bits per heavy atom. The summed E-state index contributed by atoms with van der Waals surface area (Å²) in [5.41, 5.74) is 5.47. The Bertz CT molecular complexity index is 629. The molecule has 1 aliphatic heterocycles. The quantitative estimate of drug-likeness (QED) is 0.786. The lowest BCUT2D eigenvalue weighted by molar-refractivity contribution is 0.438. The van der Waals surface area contributed by atoms with Gasteiger partial charge in [-0.25, -0.2) is 0 Å². The number of nitrogens with one attached hydrogen (secondary N) is 1. The Morgan fingerprint density at radius 1 is 1.05 bits per heavy atom. The first-order chi connectivity index (χ1) is 9.68. The van der Waals surface area contributed by atoms with Gasteiger partial charge in [0.1, 0.15) is 0 Å². The molecule has 0 saturated carbocycles. The molecule has 0 spiro atoms. The van der Waals surface area contributed by atoms with Gasteiger partial charge in [-0.2, -0.15) is 0 Å². The second kappa shape index (κ2) is 5.14. The molecule has 0 saturated heterocycles. The fraction of sp³-hybridized carbons (Fsp3) is 0.333. The summed E-state index contributed by atoms with van der Waals surface area (Å²) in [6.45, 7) is 5.62. The molecular weight excluding hydrogens is 266 g/mol. The van der Waals surface area contributed by atoms with Crippen LogP contribution in [0.5, 0.6) is 0 Å². The van der Waals surface area contributed by atoms with E-state index >= 15 is 0 Å². The Labute approximate surface area is 126 Å². The van der Waals surface area contributed by atoms with Crippen LogP contribution in [0.25, 0.3) is 11.1 Å². The third kappa shape index (κ3) is 2.10. The third-order valence-corrected chi connectivity index (χ3v) is 4.95. The molecule has 2 aromatic carbocycles. The van der Waals surface area contributed by atoms with Gasteiger partial charge in [-0.3, -0.25) is 0 Å². The van der Waals surface area contributed by atoms with Gasteiger partial charge in [-0.15, -0.1) is 0 Å². The van der Waals surface area contributed by atoms with Crippen molar-refractivity contribution in [3.63, 3.8) is 0 Å². The highest BCUT2D eigenvalue weighted by atomic mass is 35.5. The maximum atomic E-state index is 6.11. The van der Waals surface area contributed by atoms with Crippen LogP contribution in [-0.2, 0) is 5.41 Å². The van der Waals surface area contributed by atoms with Gasteiger partial charge in [0.05, 0.1) is 0 Å². The Kier molecular flexibility index (Phi) is 3.47. The van der Waals surface area contributed by atoms with Crippen molar-refractivity contribution in [2.24, 2.45) is 0 Å². The van der Waals surface area contributed by atoms with Crippen molar-refractivity contribution in [2.45, 2.75) is 32.1 Å². The minimum absolute atomic E-state index is 0.282. The van der Waals surface area contributed by atoms with Crippen molar-refractivity contribution in [1.29, 1.82) is 0 Å². The first-order valence-electron chi connectivity index (χ1n) is 7.33. The molecule has 0 bridgehead atoms. The highest BCUT2D eigenvalue weighted by Gasteiger charge is 2.35. The molecule has 0 unspecified atom stereocenters. The molecule has 1 N–H and O–H groups in total. The van der Waals surface area contributed by atoms with Crippen molar-refractivity contribution in [2.75, 3.05) is 11.9 Å². The molecule has 0 aliphatic carbocycles. The predicted molar refractivity (Wildman–Crippen MR) is 87.6 cm³/mol. The second-order valence-electron chi connectivity index (χ2n) is 5.61. The van der Waals surface area contributed by atoms with Crippen molar-refractivity contribution in [3.8, 4) is 11.1 Å². The van der Waals surface area contributed by atoms with E-state index in [1.54, 1.807) is 0 Å². The number of fused-ring (bicyclic) bond motifs is 1. The maximum absolute atomic E-state index is 6.11. The second-order valence-corrected chi connectivity index (χ2v) is 6.05. The molecule has 1 aliphatic rings. The largest absolute Gasteiger partial charge is 0.384 e. The van der Waals surface area contributed by atoms with E-state index < -0.39 is 0 Å². The van der Waals surface area contributed by atoms with Crippen molar-refractivity contribution in [1.82, 2.24) is 0 Å². The standard InChI is InChI=1S/C18H20ClN/c1-3-18(4-2)12-20-17-9-8-14(11-16(17)18)13-6-5-7-15(19)10-13/h5-11,20H,3-4,12H2,1-2H3. The van der Waals surface area contributed by atoms with E-state index in [-0.39, 0.29) is 5.41 Å². The van der Waals surface area contributed by atoms with Crippen molar-refractivity contribution >= 4 is 17.3 Å². The summed E-state index contributed by atoms with van der Waals surface area (Å²) in [6.07, 6.45) is 2.34. The first kappa shape index (κ1) is 13.5. The number of rotatable bonds is 3. The minimum Gasteiger partial charge on any atom is -0.384 e. The van der Waals surface area contributed by atoms with E-state index in [1.165, 1.54) is 35.2 Å². The topological polar surface area (TPSA) is 12.0 Å². The number of anilines is 1. The summed E-state index contributed by atoms with van der Waals surface area (Å²) in [4.78, 5) is 0. The first-order valence-corrected chi connectivity index (χ1v) is 7.70. The number of hydrogen-bond donors (Lipinski definition) is 1. The van der Waals surface area contributed by atoms with Crippen LogP contribution in [0, 0.1) is 0 Å². The summed E-state index contributed by atoms with van der Waals surface area (Å²) in [6, 6.07) is 14.8. The SMILES string of the molecule is CCC1(CC)CNc2ccc(-c3cccc(Cl)c3)cc21. The summed E-state index contributed by atoms with van der Waals surface area (Å²) in [5, 5.41) is 4.35. The lowest BCUT2D eigenvalue weighted by atomic mass is 9.77. The minimum atomic E-state index is 0.282. The normalized spacial score (nSPS) is 15.8.